The number of carbonyl (C=O) groups excluding carboxylic acids is 1. The summed E-state index contributed by atoms with van der Waals surface area (Å²) < 4.78 is 0. The molecule has 1 aliphatic carbocycles. The highest BCUT2D eigenvalue weighted by Crippen LogP contribution is 2.34. The second-order valence-corrected chi connectivity index (χ2v) is 11.1. The van der Waals surface area contributed by atoms with Crippen molar-refractivity contribution >= 4 is 56.3 Å². The Morgan fingerprint density at radius 3 is 2.47 bits per heavy atom. The number of thioether (sulfide) groups is 1. The number of nitrogens with one attached hydrogen (secondary N) is 3. The van der Waals surface area contributed by atoms with E-state index in [0.29, 0.717) is 21.1 Å². The van der Waals surface area contributed by atoms with Gasteiger partial charge in [0.05, 0.1) is 11.1 Å². The minimum absolute atomic E-state index is 0.140. The maximum Gasteiger partial charge on any atom is 0.260 e. The zero-order chi connectivity index (χ0) is 25.9. The van der Waals surface area contributed by atoms with Gasteiger partial charge in [-0.1, -0.05) is 48.2 Å². The number of hydrogen-bond donors (Lipinski definition) is 3. The first kappa shape index (κ1) is 24.5. The van der Waals surface area contributed by atoms with Crippen LogP contribution >= 0.6 is 23.1 Å². The molecule has 5 aromatic rings. The number of aryl methyl sites for hydroxylation is 2. The zero-order valence-electron chi connectivity index (χ0n) is 20.6. The van der Waals surface area contributed by atoms with Crippen LogP contribution in [0.1, 0.15) is 24.0 Å². The summed E-state index contributed by atoms with van der Waals surface area (Å²) in [6.07, 6.45) is 4.69. The third kappa shape index (κ3) is 5.37. The smallest absolute Gasteiger partial charge is 0.260 e. The summed E-state index contributed by atoms with van der Waals surface area (Å²) in [5.74, 6) is -0.0240. The molecule has 0 saturated carbocycles. The van der Waals surface area contributed by atoms with Gasteiger partial charge in [0, 0.05) is 28.0 Å². The van der Waals surface area contributed by atoms with Gasteiger partial charge in [-0.05, 0) is 78.8 Å². The van der Waals surface area contributed by atoms with E-state index in [4.69, 9.17) is 0 Å². The van der Waals surface area contributed by atoms with Gasteiger partial charge >= 0.3 is 0 Å². The van der Waals surface area contributed by atoms with Crippen LogP contribution in [0.25, 0.3) is 21.3 Å². The number of anilines is 3. The average molecular weight is 539 g/mol. The van der Waals surface area contributed by atoms with Crippen LogP contribution in [-0.4, -0.2) is 21.6 Å². The zero-order valence-corrected chi connectivity index (χ0v) is 22.3. The van der Waals surface area contributed by atoms with Crippen LogP contribution in [0.15, 0.2) is 88.1 Å². The minimum Gasteiger partial charge on any atom is -0.356 e. The third-order valence-electron chi connectivity index (χ3n) is 6.65. The molecule has 3 N–H and O–H groups in total. The predicted octanol–water partition coefficient (Wildman–Crippen LogP) is 7.00. The minimum atomic E-state index is -0.173. The Morgan fingerprint density at radius 1 is 0.921 bits per heavy atom. The van der Waals surface area contributed by atoms with Crippen LogP contribution in [-0.2, 0) is 17.6 Å². The van der Waals surface area contributed by atoms with Crippen LogP contribution in [0.4, 0.5) is 17.1 Å². The fraction of sp³-hybridized carbons (Fsp3) is 0.167. The maximum atomic E-state index is 13.0. The molecule has 0 radical (unpaired) electrons. The second kappa shape index (κ2) is 10.8. The summed E-state index contributed by atoms with van der Waals surface area (Å²) in [7, 11) is 0. The van der Waals surface area contributed by atoms with Crippen molar-refractivity contribution in [2.24, 2.45) is 0 Å². The quantitative estimate of drug-likeness (QED) is 0.153. The molecule has 0 spiro atoms. The van der Waals surface area contributed by atoms with Crippen molar-refractivity contribution in [2.45, 2.75) is 30.8 Å². The number of hydrogen-bond acceptors (Lipinski definition) is 6. The van der Waals surface area contributed by atoms with Crippen molar-refractivity contribution in [3.05, 3.63) is 99.7 Å². The predicted molar refractivity (Wildman–Crippen MR) is 158 cm³/mol. The van der Waals surface area contributed by atoms with Gasteiger partial charge in [0.1, 0.15) is 4.83 Å². The molecule has 38 heavy (non-hydrogen) atoms. The Hall–Kier alpha value is -3.88. The number of carbonyl (C=O) groups is 1. The number of thiophene rings is 1. The van der Waals surface area contributed by atoms with Crippen LogP contribution in [0.3, 0.4) is 0 Å². The Balaban J connectivity index is 1.10. The lowest BCUT2D eigenvalue weighted by Crippen LogP contribution is -2.15. The molecular formula is C30H26N4O2S2. The van der Waals surface area contributed by atoms with E-state index in [1.165, 1.54) is 47.1 Å². The van der Waals surface area contributed by atoms with Crippen molar-refractivity contribution in [1.29, 1.82) is 0 Å². The number of nitrogens with zero attached hydrogens (tertiary/aromatic N) is 1. The number of fused-ring (bicyclic) bond motifs is 2. The molecule has 0 aliphatic heterocycles. The average Bonchev–Trinajstić information content (AvgIpc) is 3.38. The Bertz CT molecular complexity index is 1660. The van der Waals surface area contributed by atoms with E-state index >= 15 is 0 Å². The van der Waals surface area contributed by atoms with Gasteiger partial charge < -0.3 is 15.6 Å². The largest absolute Gasteiger partial charge is 0.356 e. The molecule has 1 amide bonds. The standard InChI is InChI=1S/C30H26N4O2S2/c35-26(32-24-14-12-23(13-15-24)31-22-8-2-1-3-9-22)18-38-30-33-28(36)27-25(17-37-29(27)34-30)21-11-10-19-6-4-5-7-20(19)16-21/h1-3,8-17,31H,4-7,18H2,(H,32,35)(H,33,34,36). The number of aromatic nitrogens is 2. The second-order valence-electron chi connectivity index (χ2n) is 9.30. The summed E-state index contributed by atoms with van der Waals surface area (Å²) in [4.78, 5) is 33.8. The number of para-hydroxylation sites is 1. The molecule has 0 bridgehead atoms. The Morgan fingerprint density at radius 2 is 1.66 bits per heavy atom. The van der Waals surface area contributed by atoms with Crippen LogP contribution in [0.2, 0.25) is 0 Å². The highest BCUT2D eigenvalue weighted by atomic mass is 32.2. The van der Waals surface area contributed by atoms with Gasteiger partial charge in [-0.2, -0.15) is 0 Å². The molecule has 190 valence electrons. The summed E-state index contributed by atoms with van der Waals surface area (Å²) in [6.45, 7) is 0. The van der Waals surface area contributed by atoms with Crippen molar-refractivity contribution in [3.8, 4) is 11.1 Å². The van der Waals surface area contributed by atoms with Gasteiger partial charge in [-0.25, -0.2) is 4.98 Å². The molecule has 1 aliphatic rings. The van der Waals surface area contributed by atoms with E-state index in [2.05, 4.69) is 38.8 Å². The highest BCUT2D eigenvalue weighted by Gasteiger charge is 2.16. The molecule has 6 nitrogen and oxygen atoms in total. The van der Waals surface area contributed by atoms with Crippen molar-refractivity contribution in [3.63, 3.8) is 0 Å². The van der Waals surface area contributed by atoms with E-state index in [1.54, 1.807) is 0 Å². The van der Waals surface area contributed by atoms with Crippen molar-refractivity contribution < 1.29 is 4.79 Å². The molecule has 0 unspecified atom stereocenters. The number of aromatic amines is 1. The lowest BCUT2D eigenvalue weighted by atomic mass is 9.89. The van der Waals surface area contributed by atoms with E-state index in [0.717, 1.165) is 35.3 Å². The summed E-state index contributed by atoms with van der Waals surface area (Å²) in [6, 6.07) is 24.0. The molecular weight excluding hydrogens is 512 g/mol. The normalized spacial score (nSPS) is 12.7. The first-order valence-electron chi connectivity index (χ1n) is 12.6. The third-order valence-corrected chi connectivity index (χ3v) is 8.40. The number of amides is 1. The topological polar surface area (TPSA) is 86.9 Å². The van der Waals surface area contributed by atoms with Crippen LogP contribution in [0.5, 0.6) is 0 Å². The summed E-state index contributed by atoms with van der Waals surface area (Å²) >= 11 is 2.68. The summed E-state index contributed by atoms with van der Waals surface area (Å²) in [5.41, 5.74) is 7.26. The van der Waals surface area contributed by atoms with Gasteiger partial charge in [-0.3, -0.25) is 9.59 Å². The van der Waals surface area contributed by atoms with E-state index in [1.807, 2.05) is 60.0 Å². The van der Waals surface area contributed by atoms with Gasteiger partial charge in [-0.15, -0.1) is 11.3 Å². The first-order chi connectivity index (χ1) is 18.6. The molecule has 3 aromatic carbocycles. The molecule has 6 rings (SSSR count). The van der Waals surface area contributed by atoms with Gasteiger partial charge in [0.15, 0.2) is 5.16 Å². The van der Waals surface area contributed by atoms with E-state index in [9.17, 15) is 9.59 Å². The maximum absolute atomic E-state index is 13.0. The summed E-state index contributed by atoms with van der Waals surface area (Å²) in [5, 5.41) is 9.29. The fourth-order valence-electron chi connectivity index (χ4n) is 4.77. The molecule has 2 heterocycles. The lowest BCUT2D eigenvalue weighted by molar-refractivity contribution is -0.113. The molecule has 0 saturated heterocycles. The first-order valence-corrected chi connectivity index (χ1v) is 14.5. The Kier molecular flexibility index (Phi) is 6.98. The van der Waals surface area contributed by atoms with E-state index < -0.39 is 0 Å². The number of benzene rings is 3. The van der Waals surface area contributed by atoms with Crippen LogP contribution in [0, 0.1) is 0 Å². The molecule has 2 aromatic heterocycles. The number of rotatable bonds is 7. The molecule has 0 atom stereocenters. The monoisotopic (exact) mass is 538 g/mol. The Labute approximate surface area is 228 Å². The van der Waals surface area contributed by atoms with E-state index in [-0.39, 0.29) is 17.2 Å². The SMILES string of the molecule is O=C(CSc1nc2scc(-c3ccc4c(c3)CCCC4)c2c(=O)[nH]1)Nc1ccc(Nc2ccccc2)cc1. The highest BCUT2D eigenvalue weighted by molar-refractivity contribution is 7.99. The van der Waals surface area contributed by atoms with Crippen molar-refractivity contribution in [1.82, 2.24) is 9.97 Å². The fourth-order valence-corrected chi connectivity index (χ4v) is 6.43. The molecule has 0 fully saturated rings. The molecule has 8 heteroatoms. The van der Waals surface area contributed by atoms with Gasteiger partial charge in [0.2, 0.25) is 5.91 Å². The number of H-pyrrole nitrogens is 1. The lowest BCUT2D eigenvalue weighted by Gasteiger charge is -2.16. The van der Waals surface area contributed by atoms with Crippen molar-refractivity contribution in [2.75, 3.05) is 16.4 Å². The van der Waals surface area contributed by atoms with Crippen LogP contribution < -0.4 is 16.2 Å². The van der Waals surface area contributed by atoms with Gasteiger partial charge in [0.25, 0.3) is 5.56 Å².